The maximum Gasteiger partial charge on any atom is 0.143 e. The van der Waals surface area contributed by atoms with E-state index in [0.717, 1.165) is 5.56 Å². The fourth-order valence-electron chi connectivity index (χ4n) is 0.771. The Morgan fingerprint density at radius 2 is 2.36 bits per heavy atom. The molecule has 2 heteroatoms. The highest BCUT2D eigenvalue weighted by Gasteiger charge is 1.97. The second-order valence-electron chi connectivity index (χ2n) is 2.15. The standard InChI is InChI=1S/C9H6N2/c1-3-8-4-7(2)9(5-10)11-6-8/h1,4,6H,2H3. The van der Waals surface area contributed by atoms with E-state index < -0.39 is 0 Å². The number of hydrogen-bond donors (Lipinski definition) is 0. The molecule has 0 spiro atoms. The first kappa shape index (κ1) is 7.31. The molecule has 0 aromatic carbocycles. The zero-order chi connectivity index (χ0) is 8.27. The average Bonchev–Trinajstić information content (AvgIpc) is 2.04. The summed E-state index contributed by atoms with van der Waals surface area (Å²) < 4.78 is 0. The van der Waals surface area contributed by atoms with Crippen molar-refractivity contribution < 1.29 is 0 Å². The van der Waals surface area contributed by atoms with Gasteiger partial charge in [-0.25, -0.2) is 4.98 Å². The number of nitrogens with zero attached hydrogens (tertiary/aromatic N) is 2. The molecule has 0 unspecified atom stereocenters. The lowest BCUT2D eigenvalue weighted by molar-refractivity contribution is 1.20. The minimum atomic E-state index is 0.434. The van der Waals surface area contributed by atoms with Gasteiger partial charge in [-0.05, 0) is 18.6 Å². The van der Waals surface area contributed by atoms with Crippen LogP contribution in [0.5, 0.6) is 0 Å². The third-order valence-corrected chi connectivity index (χ3v) is 1.35. The molecule has 52 valence electrons. The lowest BCUT2D eigenvalue weighted by atomic mass is 10.2. The number of rotatable bonds is 0. The Kier molecular flexibility index (Phi) is 1.90. The molecule has 0 radical (unpaired) electrons. The van der Waals surface area contributed by atoms with Crippen LogP contribution in [-0.2, 0) is 0 Å². The van der Waals surface area contributed by atoms with Gasteiger partial charge in [0.25, 0.3) is 0 Å². The summed E-state index contributed by atoms with van der Waals surface area (Å²) in [7, 11) is 0. The predicted molar refractivity (Wildman–Crippen MR) is 41.6 cm³/mol. The molecule has 0 amide bonds. The summed E-state index contributed by atoms with van der Waals surface area (Å²) in [5, 5.41) is 8.52. The van der Waals surface area contributed by atoms with Crippen LogP contribution >= 0.6 is 0 Å². The van der Waals surface area contributed by atoms with Crippen LogP contribution in [0.4, 0.5) is 0 Å². The topological polar surface area (TPSA) is 36.7 Å². The van der Waals surface area contributed by atoms with E-state index in [4.69, 9.17) is 11.7 Å². The van der Waals surface area contributed by atoms with Gasteiger partial charge in [0.05, 0.1) is 0 Å². The number of nitriles is 1. The van der Waals surface area contributed by atoms with Gasteiger partial charge < -0.3 is 0 Å². The summed E-state index contributed by atoms with van der Waals surface area (Å²) in [5.41, 5.74) is 1.97. The molecular weight excluding hydrogens is 136 g/mol. The molecule has 11 heavy (non-hydrogen) atoms. The molecule has 0 aliphatic heterocycles. The summed E-state index contributed by atoms with van der Waals surface area (Å²) in [6.45, 7) is 1.81. The molecule has 1 aromatic heterocycles. The van der Waals surface area contributed by atoms with Gasteiger partial charge in [-0.1, -0.05) is 5.92 Å². The summed E-state index contributed by atoms with van der Waals surface area (Å²) in [6, 6.07) is 3.74. The molecule has 1 heterocycles. The quantitative estimate of drug-likeness (QED) is 0.511. The van der Waals surface area contributed by atoms with Crippen molar-refractivity contribution in [2.45, 2.75) is 6.92 Å². The van der Waals surface area contributed by atoms with Crippen LogP contribution in [0.1, 0.15) is 16.8 Å². The van der Waals surface area contributed by atoms with Crippen molar-refractivity contribution in [1.29, 1.82) is 5.26 Å². The fraction of sp³-hybridized carbons (Fsp3) is 0.111. The Hall–Kier alpha value is -1.80. The Morgan fingerprint density at radius 1 is 1.64 bits per heavy atom. The van der Waals surface area contributed by atoms with Crippen molar-refractivity contribution in [2.24, 2.45) is 0 Å². The van der Waals surface area contributed by atoms with Gasteiger partial charge >= 0.3 is 0 Å². The van der Waals surface area contributed by atoms with Crippen LogP contribution < -0.4 is 0 Å². The zero-order valence-electron chi connectivity index (χ0n) is 6.13. The van der Waals surface area contributed by atoms with Crippen molar-refractivity contribution in [3.8, 4) is 18.4 Å². The van der Waals surface area contributed by atoms with Crippen LogP contribution in [0.15, 0.2) is 12.3 Å². The lowest BCUT2D eigenvalue weighted by Crippen LogP contribution is -1.88. The maximum absolute atomic E-state index is 8.52. The van der Waals surface area contributed by atoms with E-state index in [0.29, 0.717) is 11.3 Å². The maximum atomic E-state index is 8.52. The van der Waals surface area contributed by atoms with Crippen molar-refractivity contribution in [2.75, 3.05) is 0 Å². The van der Waals surface area contributed by atoms with Crippen LogP contribution in [-0.4, -0.2) is 4.98 Å². The van der Waals surface area contributed by atoms with Gasteiger partial charge in [0.2, 0.25) is 0 Å². The Bertz CT molecular complexity index is 353. The number of terminal acetylenes is 1. The molecule has 0 saturated carbocycles. The Labute approximate surface area is 65.5 Å². The molecule has 2 nitrogen and oxygen atoms in total. The summed E-state index contributed by atoms with van der Waals surface area (Å²) >= 11 is 0. The molecule has 0 aliphatic carbocycles. The number of aryl methyl sites for hydroxylation is 1. The molecule has 1 rings (SSSR count). The first-order chi connectivity index (χ1) is 5.27. The van der Waals surface area contributed by atoms with Gasteiger partial charge in [0.15, 0.2) is 0 Å². The smallest absolute Gasteiger partial charge is 0.143 e. The second-order valence-corrected chi connectivity index (χ2v) is 2.15. The number of hydrogen-bond acceptors (Lipinski definition) is 2. The highest BCUT2D eigenvalue weighted by Crippen LogP contribution is 2.04. The number of aromatic nitrogens is 1. The van der Waals surface area contributed by atoms with Crippen molar-refractivity contribution in [3.05, 3.63) is 29.1 Å². The highest BCUT2D eigenvalue weighted by molar-refractivity contribution is 5.38. The van der Waals surface area contributed by atoms with Crippen molar-refractivity contribution >= 4 is 0 Å². The van der Waals surface area contributed by atoms with Gasteiger partial charge in [-0.3, -0.25) is 0 Å². The van der Waals surface area contributed by atoms with Crippen LogP contribution in [0.3, 0.4) is 0 Å². The minimum Gasteiger partial charge on any atom is -0.244 e. The monoisotopic (exact) mass is 142 g/mol. The summed E-state index contributed by atoms with van der Waals surface area (Å²) in [5.74, 6) is 2.45. The molecule has 0 aliphatic rings. The second kappa shape index (κ2) is 2.86. The lowest BCUT2D eigenvalue weighted by Gasteiger charge is -1.94. The van der Waals surface area contributed by atoms with E-state index in [1.807, 2.05) is 13.0 Å². The molecule has 0 saturated heterocycles. The minimum absolute atomic E-state index is 0.434. The molecule has 0 N–H and O–H groups in total. The molecule has 0 fully saturated rings. The third-order valence-electron chi connectivity index (χ3n) is 1.35. The van der Waals surface area contributed by atoms with Crippen LogP contribution in [0, 0.1) is 30.6 Å². The van der Waals surface area contributed by atoms with Crippen molar-refractivity contribution in [3.63, 3.8) is 0 Å². The first-order valence-corrected chi connectivity index (χ1v) is 3.11. The first-order valence-electron chi connectivity index (χ1n) is 3.11. The van der Waals surface area contributed by atoms with E-state index in [-0.39, 0.29) is 0 Å². The van der Waals surface area contributed by atoms with Crippen molar-refractivity contribution in [1.82, 2.24) is 4.98 Å². The van der Waals surface area contributed by atoms with E-state index in [9.17, 15) is 0 Å². The molecular formula is C9H6N2. The van der Waals surface area contributed by atoms with Crippen LogP contribution in [0.2, 0.25) is 0 Å². The van der Waals surface area contributed by atoms with Gasteiger partial charge in [0, 0.05) is 11.8 Å². The molecule has 0 atom stereocenters. The van der Waals surface area contributed by atoms with Crippen LogP contribution in [0.25, 0.3) is 0 Å². The zero-order valence-corrected chi connectivity index (χ0v) is 6.13. The van der Waals surface area contributed by atoms with Gasteiger partial charge in [0.1, 0.15) is 11.8 Å². The fourth-order valence-corrected chi connectivity index (χ4v) is 0.771. The van der Waals surface area contributed by atoms with Gasteiger partial charge in [-0.2, -0.15) is 5.26 Å². The SMILES string of the molecule is C#Cc1cnc(C#N)c(C)c1. The van der Waals surface area contributed by atoms with E-state index in [1.165, 1.54) is 6.20 Å². The molecule has 0 bridgehead atoms. The Balaban J connectivity index is 3.25. The molecule has 1 aromatic rings. The largest absolute Gasteiger partial charge is 0.244 e. The summed E-state index contributed by atoms with van der Waals surface area (Å²) in [4.78, 5) is 3.86. The number of pyridine rings is 1. The Morgan fingerprint density at radius 3 is 2.82 bits per heavy atom. The third kappa shape index (κ3) is 1.36. The summed E-state index contributed by atoms with van der Waals surface area (Å²) in [6.07, 6.45) is 6.66. The van der Waals surface area contributed by atoms with E-state index >= 15 is 0 Å². The van der Waals surface area contributed by atoms with E-state index in [2.05, 4.69) is 10.9 Å². The normalized spacial score (nSPS) is 8.27. The van der Waals surface area contributed by atoms with E-state index in [1.54, 1.807) is 6.07 Å². The van der Waals surface area contributed by atoms with Gasteiger partial charge in [-0.15, -0.1) is 6.42 Å². The average molecular weight is 142 g/mol. The predicted octanol–water partition coefficient (Wildman–Crippen LogP) is 1.24. The highest BCUT2D eigenvalue weighted by atomic mass is 14.7.